The molecule has 14 aliphatic rings. The molecule has 0 saturated carbocycles. The van der Waals surface area contributed by atoms with E-state index in [2.05, 4.69) is 79.7 Å². The van der Waals surface area contributed by atoms with Crippen molar-refractivity contribution >= 4 is 11.9 Å². The summed E-state index contributed by atoms with van der Waals surface area (Å²) in [7, 11) is 6.44. The molecule has 12 heterocycles. The Morgan fingerprint density at radius 3 is 1.22 bits per heavy atom. The van der Waals surface area contributed by atoms with Gasteiger partial charge in [0.25, 0.3) is 0 Å². The van der Waals surface area contributed by atoms with E-state index in [9.17, 15) is 40.2 Å². The minimum atomic E-state index is -1.84. The Morgan fingerprint density at radius 2 is 0.829 bits per heavy atom. The smallest absolute Gasteiger partial charge is 0.316 e. The zero-order chi connectivity index (χ0) is 88.6. The number of carbonyl (C=O) groups excluding carboxylic acids is 2. The Hall–Kier alpha value is -4.62. The number of aliphatic hydroxyl groups is 6. The van der Waals surface area contributed by atoms with Gasteiger partial charge in [-0.15, -0.1) is 0 Å². The number of ether oxygens (including phenoxy) is 20. The molecule has 6 N–H and O–H groups in total. The van der Waals surface area contributed by atoms with Gasteiger partial charge >= 0.3 is 11.9 Å². The van der Waals surface area contributed by atoms with E-state index < -0.39 is 182 Å². The van der Waals surface area contributed by atoms with Crippen LogP contribution in [0.5, 0.6) is 0 Å². The van der Waals surface area contributed by atoms with Crippen LogP contribution in [0.3, 0.4) is 0 Å². The van der Waals surface area contributed by atoms with Crippen molar-refractivity contribution < 1.29 is 135 Å². The van der Waals surface area contributed by atoms with Crippen molar-refractivity contribution in [3.05, 3.63) is 119 Å². The highest BCUT2D eigenvalue weighted by Gasteiger charge is 2.63. The van der Waals surface area contributed by atoms with Crippen LogP contribution in [0.15, 0.2) is 119 Å². The van der Waals surface area contributed by atoms with E-state index >= 15 is 0 Å². The average molecular weight is 1730 g/mol. The summed E-state index contributed by atoms with van der Waals surface area (Å²) in [6.45, 7) is 32.1. The second-order valence-electron chi connectivity index (χ2n) is 37.8. The maximum atomic E-state index is 14.3. The van der Waals surface area contributed by atoms with Gasteiger partial charge in [-0.1, -0.05) is 135 Å². The number of hydrogen-bond donors (Lipinski definition) is 6. The number of hydrogen-bond acceptors (Lipinski definition) is 28. The SMILES string of the molecule is CCC(C)C1OC2(C=CC1C)CC1CC(CC=C(C)C(OC3CC(OC)C(OC4CC(OC)C(O)C(C)O4)C(C)O3)C(C)C=CC=C3COC4C(O)C(C)=CC(C(=O)O1)C34O)O2.COC1CC(OC2C(C)OC(OC3C(C)=CCC4CC(CC5(C=CC(C)C(C(C)C)O5)O4)OC(=O)C4C=C(C)C(O)C5OCC(=CC=CC3C)C45O)CC2OC)OC(C)C1O. The Kier molecular flexibility index (Phi) is 31.5. The second kappa shape index (κ2) is 40.4. The van der Waals surface area contributed by atoms with Crippen molar-refractivity contribution in [3.8, 4) is 0 Å². The van der Waals surface area contributed by atoms with Gasteiger partial charge in [0.1, 0.15) is 84.1 Å². The molecule has 0 aromatic carbocycles. The third-order valence-corrected chi connectivity index (χ3v) is 28.5. The maximum Gasteiger partial charge on any atom is 0.316 e. The molecule has 0 radical (unpaired) electrons. The zero-order valence-electron chi connectivity index (χ0n) is 75.7. The standard InChI is InChI=1S/C48H72O14.C47H70O14/c1-11-25(2)43-28(5)17-18-47(62-43)23-34-20-33(61-47)16-15-27(4)42(26(3)13-12-14-32-24-55-45-40(49)29(6)19-35(46(51)58-34)48(32,45)52)59-39-22-37(54-10)44(31(8)57-39)60-38-21-36(53-9)41(50)30(7)56-38;1-24(2)41-27(5)16-17-46(61-41)22-33-19-32(60-46)15-14-26(4)42(25(3)12-11-13-31-23-54-44-39(48)28(6)18-34(45(50)57-33)47(31,44)51)58-38-21-36(53-10)43(30(8)56-38)59-37-20-35(52-9)40(49)29(7)55-37/h12-15,17-19,25-26,28,30-31,33-45,49-50,52H,11,16,20-24H2,1-10H3;11-14,16-18,24-25,27,29-30,32-44,48-49,51H,15,19-23H2,1-10H3. The first-order valence-electron chi connectivity index (χ1n) is 45.2. The van der Waals surface area contributed by atoms with Crippen LogP contribution in [-0.4, -0.2) is 279 Å². The summed E-state index contributed by atoms with van der Waals surface area (Å²) in [5.41, 5.74) is 0.263. The van der Waals surface area contributed by atoms with Crippen LogP contribution in [0, 0.1) is 47.3 Å². The third-order valence-electron chi connectivity index (χ3n) is 28.5. The normalized spacial score (nSPS) is 47.0. The quantitative estimate of drug-likeness (QED) is 0.0655. The minimum absolute atomic E-state index is 0.0313. The molecule has 8 fully saturated rings. The molecule has 4 bridgehead atoms. The predicted molar refractivity (Wildman–Crippen MR) is 450 cm³/mol. The Bertz CT molecular complexity index is 3920. The third kappa shape index (κ3) is 20.6. The highest BCUT2D eigenvalue weighted by atomic mass is 16.8. The highest BCUT2D eigenvalue weighted by Crippen LogP contribution is 2.51. The summed E-state index contributed by atoms with van der Waals surface area (Å²) >= 11 is 0. The van der Waals surface area contributed by atoms with E-state index in [0.29, 0.717) is 86.5 Å². The van der Waals surface area contributed by atoms with Crippen molar-refractivity contribution in [1.82, 2.24) is 0 Å². The summed E-state index contributed by atoms with van der Waals surface area (Å²) in [6.07, 6.45) is 16.1. The van der Waals surface area contributed by atoms with Gasteiger partial charge in [0.15, 0.2) is 36.7 Å². The van der Waals surface area contributed by atoms with Crippen LogP contribution >= 0.6 is 0 Å². The van der Waals surface area contributed by atoms with Gasteiger partial charge in [-0.25, -0.2) is 0 Å². The average Bonchev–Trinajstić information content (AvgIpc) is 1.61. The van der Waals surface area contributed by atoms with Gasteiger partial charge < -0.3 is 125 Å². The Morgan fingerprint density at radius 1 is 0.455 bits per heavy atom. The lowest BCUT2D eigenvalue weighted by Crippen LogP contribution is -2.58. The summed E-state index contributed by atoms with van der Waals surface area (Å²) in [4.78, 5) is 28.6. The van der Waals surface area contributed by atoms with Crippen molar-refractivity contribution in [2.24, 2.45) is 47.3 Å². The Labute approximate surface area is 726 Å². The number of fused-ring (bicyclic) bond motifs is 4. The first-order chi connectivity index (χ1) is 58.5. The van der Waals surface area contributed by atoms with Crippen molar-refractivity contribution in [2.75, 3.05) is 41.7 Å². The largest absolute Gasteiger partial charge is 0.462 e. The van der Waals surface area contributed by atoms with Crippen LogP contribution < -0.4 is 0 Å². The van der Waals surface area contributed by atoms with Gasteiger partial charge in [-0.3, -0.25) is 9.59 Å². The fourth-order valence-corrected chi connectivity index (χ4v) is 21.0. The number of carbonyl (C=O) groups is 2. The topological polar surface area (TPSA) is 340 Å². The molecule has 8 saturated heterocycles. The minimum Gasteiger partial charge on any atom is -0.462 e. The number of rotatable bonds is 15. The molecule has 14 rings (SSSR count). The van der Waals surface area contributed by atoms with Crippen molar-refractivity contribution in [2.45, 2.75) is 376 Å². The number of allylic oxidation sites excluding steroid dienone is 4. The van der Waals surface area contributed by atoms with Crippen LogP contribution in [0.4, 0.5) is 0 Å². The number of methoxy groups -OCH3 is 4. The monoisotopic (exact) mass is 1730 g/mol. The molecule has 690 valence electrons. The summed E-state index contributed by atoms with van der Waals surface area (Å²) < 4.78 is 127. The van der Waals surface area contributed by atoms with E-state index in [-0.39, 0.29) is 85.3 Å². The van der Waals surface area contributed by atoms with E-state index in [4.69, 9.17) is 94.7 Å². The first kappa shape index (κ1) is 95.9. The van der Waals surface area contributed by atoms with Crippen LogP contribution in [0.1, 0.15) is 181 Å². The van der Waals surface area contributed by atoms with Gasteiger partial charge in [-0.05, 0) is 126 Å². The fraction of sp³-hybridized carbons (Fsp3) is 0.768. The van der Waals surface area contributed by atoms with Crippen LogP contribution in [0.2, 0.25) is 0 Å². The molecule has 28 heteroatoms. The Balaban J connectivity index is 0.000000212. The summed E-state index contributed by atoms with van der Waals surface area (Å²) in [5.74, 6) is -5.18. The molecule has 12 aliphatic heterocycles. The molecule has 0 aromatic heterocycles. The number of aliphatic hydroxyl groups excluding tert-OH is 4. The predicted octanol–water partition coefficient (Wildman–Crippen LogP) is 10.4. The van der Waals surface area contributed by atoms with E-state index in [0.717, 1.165) is 17.6 Å². The summed E-state index contributed by atoms with van der Waals surface area (Å²) in [5, 5.41) is 68.4. The van der Waals surface area contributed by atoms with Crippen molar-refractivity contribution in [3.63, 3.8) is 0 Å². The second-order valence-corrected chi connectivity index (χ2v) is 37.8. The van der Waals surface area contributed by atoms with Crippen LogP contribution in [-0.2, 0) is 104 Å². The van der Waals surface area contributed by atoms with E-state index in [1.807, 2.05) is 64.2 Å². The molecule has 2 aliphatic carbocycles. The first-order valence-corrected chi connectivity index (χ1v) is 45.2. The van der Waals surface area contributed by atoms with Gasteiger partial charge in [0, 0.05) is 103 Å². The zero-order valence-corrected chi connectivity index (χ0v) is 75.7. The lowest BCUT2D eigenvalue weighted by atomic mass is 9.71. The molecule has 0 aromatic rings. The summed E-state index contributed by atoms with van der Waals surface area (Å²) in [6, 6.07) is 0. The molecule has 0 amide bonds. The maximum absolute atomic E-state index is 14.3. The van der Waals surface area contributed by atoms with E-state index in [1.165, 1.54) is 0 Å². The molecular formula is C95H142O28. The lowest BCUT2D eigenvalue weighted by Gasteiger charge is -2.48. The van der Waals surface area contributed by atoms with Gasteiger partial charge in [0.05, 0.1) is 98.7 Å². The van der Waals surface area contributed by atoms with Gasteiger partial charge in [0.2, 0.25) is 0 Å². The van der Waals surface area contributed by atoms with Gasteiger partial charge in [-0.2, -0.15) is 0 Å². The fourth-order valence-electron chi connectivity index (χ4n) is 21.0. The van der Waals surface area contributed by atoms with Crippen molar-refractivity contribution in [1.29, 1.82) is 0 Å². The van der Waals surface area contributed by atoms with Crippen LogP contribution in [0.25, 0.3) is 0 Å². The number of esters is 2. The molecule has 39 unspecified atom stereocenters. The molecule has 2 spiro atoms. The highest BCUT2D eigenvalue weighted by molar-refractivity contribution is 5.79. The van der Waals surface area contributed by atoms with E-state index in [1.54, 1.807) is 80.4 Å². The molecule has 123 heavy (non-hydrogen) atoms. The molecular weight excluding hydrogens is 1590 g/mol. The lowest BCUT2D eigenvalue weighted by molar-refractivity contribution is -0.318. The molecule has 28 nitrogen and oxygen atoms in total. The molecule has 39 atom stereocenters.